The summed E-state index contributed by atoms with van der Waals surface area (Å²) in [5.41, 5.74) is 11.0. The fourth-order valence-electron chi connectivity index (χ4n) is 10.9. The molecule has 13 nitrogen and oxygen atoms in total. The number of amides is 4. The first-order chi connectivity index (χ1) is 30.4. The monoisotopic (exact) mass is 873 g/mol. The predicted octanol–water partition coefficient (Wildman–Crippen LogP) is 9.27. The summed E-state index contributed by atoms with van der Waals surface area (Å²) in [6.07, 6.45) is 9.64. The molecule has 1 saturated carbocycles. The van der Waals surface area contributed by atoms with Gasteiger partial charge in [0.2, 0.25) is 11.8 Å². The van der Waals surface area contributed by atoms with Crippen molar-refractivity contribution in [1.82, 2.24) is 30.4 Å². The molecule has 0 radical (unpaired) electrons. The number of carbonyl (C=O) groups is 4. The van der Waals surface area contributed by atoms with Crippen molar-refractivity contribution in [2.45, 2.75) is 121 Å². The third-order valence-corrected chi connectivity index (χ3v) is 15.3. The first kappa shape index (κ1) is 42.8. The lowest BCUT2D eigenvalue weighted by molar-refractivity contribution is -0.135. The number of likely N-dealkylation sites (tertiary alicyclic amines) is 2. The highest BCUT2D eigenvalue weighted by Crippen LogP contribution is 2.56. The van der Waals surface area contributed by atoms with Crippen LogP contribution in [0.4, 0.5) is 15.3 Å². The Morgan fingerprint density at radius 3 is 1.92 bits per heavy atom. The average molecular weight is 874 g/mol. The van der Waals surface area contributed by atoms with Gasteiger partial charge in [-0.2, -0.15) is 0 Å². The SMILES string of the molecule is COC(=O)N[C@H](C(=O)N1CCC[C@H]1C1=Nc2ccc(-c3ccc(-c4ccc(-c5cnc([C@@H]6CCCN6C(=O)[C@@H](NC(=O)OC)C(C)C)[nH]5)s4)c4c3C3CCC4CC3)cc2C1)C(C)C. The molecular formula is C49H59N7O6S. The van der Waals surface area contributed by atoms with E-state index < -0.39 is 24.3 Å². The minimum absolute atomic E-state index is 0.0810. The van der Waals surface area contributed by atoms with E-state index in [1.165, 1.54) is 78.2 Å². The Morgan fingerprint density at radius 1 is 0.730 bits per heavy atom. The molecule has 2 aromatic carbocycles. The van der Waals surface area contributed by atoms with Crippen molar-refractivity contribution in [2.75, 3.05) is 27.3 Å². The molecule has 4 atom stereocenters. The maximum atomic E-state index is 13.8. The molecule has 6 aliphatic rings. The number of methoxy groups -OCH3 is 2. The van der Waals surface area contributed by atoms with Gasteiger partial charge in [-0.3, -0.25) is 14.6 Å². The summed E-state index contributed by atoms with van der Waals surface area (Å²) in [7, 11) is 2.62. The predicted molar refractivity (Wildman–Crippen MR) is 244 cm³/mol. The third-order valence-electron chi connectivity index (χ3n) is 14.1. The van der Waals surface area contributed by atoms with Gasteiger partial charge in [0.25, 0.3) is 0 Å². The lowest BCUT2D eigenvalue weighted by Gasteiger charge is -2.41. The van der Waals surface area contributed by atoms with Crippen molar-refractivity contribution >= 4 is 46.7 Å². The summed E-state index contributed by atoms with van der Waals surface area (Å²) in [5, 5.41) is 5.50. The van der Waals surface area contributed by atoms with E-state index in [2.05, 4.69) is 58.1 Å². The smallest absolute Gasteiger partial charge is 0.407 e. The van der Waals surface area contributed by atoms with Crippen LogP contribution in [-0.2, 0) is 25.5 Å². The first-order valence-electron chi connectivity index (χ1n) is 22.8. The molecule has 4 amide bonds. The molecule has 3 N–H and O–H groups in total. The van der Waals surface area contributed by atoms with Crippen molar-refractivity contribution in [3.8, 4) is 32.1 Å². The summed E-state index contributed by atoms with van der Waals surface area (Å²) < 4.78 is 9.64. The van der Waals surface area contributed by atoms with Crippen molar-refractivity contribution in [3.63, 3.8) is 0 Å². The Bertz CT molecular complexity index is 2450. The van der Waals surface area contributed by atoms with E-state index in [0.717, 1.165) is 53.5 Å². The first-order valence-corrected chi connectivity index (χ1v) is 23.6. The van der Waals surface area contributed by atoms with E-state index in [9.17, 15) is 19.2 Å². The fourth-order valence-corrected chi connectivity index (χ4v) is 12.0. The van der Waals surface area contributed by atoms with E-state index in [1.807, 2.05) is 43.7 Å². The number of ether oxygens (including phenoxy) is 2. The number of aromatic nitrogens is 2. The second kappa shape index (κ2) is 17.6. The molecule has 3 fully saturated rings. The maximum Gasteiger partial charge on any atom is 0.407 e. The van der Waals surface area contributed by atoms with Crippen LogP contribution >= 0.6 is 11.3 Å². The van der Waals surface area contributed by atoms with Crippen LogP contribution in [0, 0.1) is 11.8 Å². The Morgan fingerprint density at radius 2 is 1.30 bits per heavy atom. The van der Waals surface area contributed by atoms with Gasteiger partial charge in [-0.25, -0.2) is 14.6 Å². The molecule has 2 saturated heterocycles. The lowest BCUT2D eigenvalue weighted by atomic mass is 9.64. The molecule has 4 aromatic rings. The van der Waals surface area contributed by atoms with Crippen LogP contribution in [0.1, 0.15) is 119 Å². The minimum Gasteiger partial charge on any atom is -0.453 e. The topological polar surface area (TPSA) is 158 Å². The number of nitrogens with one attached hydrogen (secondary N) is 3. The van der Waals surface area contributed by atoms with Crippen LogP contribution in [0.25, 0.3) is 32.1 Å². The zero-order valence-electron chi connectivity index (χ0n) is 37.2. The average Bonchev–Trinajstić information content (AvgIpc) is 4.15. The number of aromatic amines is 1. The van der Waals surface area contributed by atoms with Gasteiger partial charge in [0.15, 0.2) is 0 Å². The quantitative estimate of drug-likeness (QED) is 0.136. The number of hydrogen-bond donors (Lipinski definition) is 3. The molecule has 63 heavy (non-hydrogen) atoms. The van der Waals surface area contributed by atoms with Crippen LogP contribution in [0.5, 0.6) is 0 Å². The van der Waals surface area contributed by atoms with Crippen LogP contribution < -0.4 is 10.6 Å². The fraction of sp³-hybridized carbons (Fsp3) is 0.510. The Kier molecular flexibility index (Phi) is 11.9. The third kappa shape index (κ3) is 8.04. The number of nitrogens with zero attached hydrogens (tertiary/aromatic N) is 4. The van der Waals surface area contributed by atoms with E-state index in [4.69, 9.17) is 19.5 Å². The Balaban J connectivity index is 0.949. The second-order valence-corrected chi connectivity index (χ2v) is 19.7. The number of benzene rings is 2. The summed E-state index contributed by atoms with van der Waals surface area (Å²) in [6, 6.07) is 14.2. The number of hydrogen-bond acceptors (Lipinski definition) is 9. The van der Waals surface area contributed by atoms with Gasteiger partial charge >= 0.3 is 12.2 Å². The standard InChI is InChI=1S/C49H59N7O6S/c1-26(2)43(53-48(59)61-5)46(57)55-21-7-9-37(55)35-24-31-23-30(15-18-34(31)51-35)32-16-17-33(42-29-13-11-28(12-14-29)41(32)42)39-19-20-40(63-39)36-25-50-45(52-36)38-10-8-22-56(38)47(58)44(27(3)4)54-49(60)62-6/h15-20,23,25-29,37-38,43-44H,7-14,21-22,24H2,1-6H3,(H,50,52)(H,53,59)(H,54,60)/t28?,29?,37-,38-,43-,44-/m0/s1. The largest absolute Gasteiger partial charge is 0.453 e. The molecule has 5 heterocycles. The number of carbonyl (C=O) groups excluding carboxylic acids is 4. The van der Waals surface area contributed by atoms with E-state index in [1.54, 1.807) is 11.3 Å². The van der Waals surface area contributed by atoms with Crippen molar-refractivity contribution in [2.24, 2.45) is 16.8 Å². The highest BCUT2D eigenvalue weighted by molar-refractivity contribution is 7.18. The van der Waals surface area contributed by atoms with Gasteiger partial charge in [-0.05, 0) is 133 Å². The molecular weight excluding hydrogens is 815 g/mol. The highest BCUT2D eigenvalue weighted by atomic mass is 32.1. The number of thiophene rings is 1. The number of rotatable bonds is 11. The van der Waals surface area contributed by atoms with Crippen LogP contribution in [0.3, 0.4) is 0 Å². The van der Waals surface area contributed by atoms with Gasteiger partial charge in [0.1, 0.15) is 17.9 Å². The normalized spacial score (nSPS) is 22.2. The Hall–Kier alpha value is -5.50. The second-order valence-electron chi connectivity index (χ2n) is 18.6. The molecule has 14 heteroatoms. The highest BCUT2D eigenvalue weighted by Gasteiger charge is 2.41. The molecule has 3 aliphatic heterocycles. The maximum absolute atomic E-state index is 13.8. The van der Waals surface area contributed by atoms with Crippen LogP contribution in [-0.4, -0.2) is 94.9 Å². The molecule has 0 spiro atoms. The number of fused-ring (bicyclic) bond motifs is 3. The van der Waals surface area contributed by atoms with Gasteiger partial charge in [0, 0.05) is 30.1 Å². The molecule has 0 unspecified atom stereocenters. The lowest BCUT2D eigenvalue weighted by Crippen LogP contribution is -2.53. The number of H-pyrrole nitrogens is 1. The van der Waals surface area contributed by atoms with Crippen molar-refractivity contribution in [3.05, 3.63) is 71.2 Å². The summed E-state index contributed by atoms with van der Waals surface area (Å²) >= 11 is 1.78. The molecule has 2 aromatic heterocycles. The zero-order chi connectivity index (χ0) is 44.1. The number of aliphatic imine (C=N–C) groups is 1. The van der Waals surface area contributed by atoms with Crippen molar-refractivity contribution in [1.29, 1.82) is 0 Å². The van der Waals surface area contributed by atoms with Crippen LogP contribution in [0.2, 0.25) is 0 Å². The Labute approximate surface area is 373 Å². The summed E-state index contributed by atoms with van der Waals surface area (Å²) in [6.45, 7) is 8.98. The van der Waals surface area contributed by atoms with E-state index >= 15 is 0 Å². The van der Waals surface area contributed by atoms with Crippen LogP contribution in [0.15, 0.2) is 53.7 Å². The van der Waals surface area contributed by atoms with Gasteiger partial charge in [0.05, 0.1) is 48.8 Å². The van der Waals surface area contributed by atoms with E-state index in [-0.39, 0.29) is 35.7 Å². The minimum atomic E-state index is -0.682. The molecule has 2 bridgehead atoms. The van der Waals surface area contributed by atoms with Crippen molar-refractivity contribution < 1.29 is 28.7 Å². The zero-order valence-corrected chi connectivity index (χ0v) is 38.0. The van der Waals surface area contributed by atoms with Gasteiger partial charge in [-0.1, -0.05) is 45.9 Å². The molecule has 3 aliphatic carbocycles. The number of alkyl carbamates (subject to hydrolysis) is 2. The summed E-state index contributed by atoms with van der Waals surface area (Å²) in [5.74, 6) is 1.43. The van der Waals surface area contributed by atoms with Gasteiger partial charge < -0.3 is 34.9 Å². The number of imidazole rings is 1. The summed E-state index contributed by atoms with van der Waals surface area (Å²) in [4.78, 5) is 71.4. The molecule has 332 valence electrons. The van der Waals surface area contributed by atoms with E-state index in [0.29, 0.717) is 31.3 Å². The molecule has 10 rings (SSSR count). The van der Waals surface area contributed by atoms with Gasteiger partial charge in [-0.15, -0.1) is 11.3 Å².